The van der Waals surface area contributed by atoms with E-state index in [9.17, 15) is 4.79 Å². The molecule has 18 heavy (non-hydrogen) atoms. The molecule has 0 aromatic carbocycles. The molecule has 0 aliphatic carbocycles. The largest absolute Gasteiger partial charge is 0.351 e. The van der Waals surface area contributed by atoms with Crippen LogP contribution in [0, 0.1) is 6.92 Å². The fourth-order valence-corrected chi connectivity index (χ4v) is 2.41. The number of nitrogens with one attached hydrogen (secondary N) is 1. The molecule has 1 N–H and O–H groups in total. The summed E-state index contributed by atoms with van der Waals surface area (Å²) in [5.74, 6) is 0.122. The molecule has 2 heterocycles. The van der Waals surface area contributed by atoms with Crippen LogP contribution >= 0.6 is 0 Å². The van der Waals surface area contributed by atoms with Crippen molar-refractivity contribution in [1.29, 1.82) is 0 Å². The summed E-state index contributed by atoms with van der Waals surface area (Å²) in [5.41, 5.74) is 0.728. The summed E-state index contributed by atoms with van der Waals surface area (Å²) in [6.45, 7) is 6.94. The van der Waals surface area contributed by atoms with E-state index in [1.807, 2.05) is 0 Å². The third-order valence-electron chi connectivity index (χ3n) is 3.48. The zero-order valence-corrected chi connectivity index (χ0v) is 11.1. The van der Waals surface area contributed by atoms with Crippen LogP contribution in [0.25, 0.3) is 0 Å². The number of carbonyl (C=O) groups is 1. The first-order chi connectivity index (χ1) is 8.70. The second-order valence-corrected chi connectivity index (χ2v) is 4.85. The molecular formula is C13H21N3O2. The number of hydrogen-bond acceptors (Lipinski definition) is 4. The van der Waals surface area contributed by atoms with Gasteiger partial charge in [-0.2, -0.15) is 0 Å². The minimum absolute atomic E-state index is 0.173. The summed E-state index contributed by atoms with van der Waals surface area (Å²) in [6.07, 6.45) is 3.59. The molecule has 5 heteroatoms. The van der Waals surface area contributed by atoms with Gasteiger partial charge in [-0.1, -0.05) is 12.1 Å². The highest BCUT2D eigenvalue weighted by Crippen LogP contribution is 2.13. The average molecular weight is 251 g/mol. The normalized spacial score (nSPS) is 17.9. The number of nitrogens with zero attached hydrogens (tertiary/aromatic N) is 2. The summed E-state index contributed by atoms with van der Waals surface area (Å²) in [6, 6.07) is 2.09. The van der Waals surface area contributed by atoms with Gasteiger partial charge in [0.1, 0.15) is 0 Å². The quantitative estimate of drug-likeness (QED) is 0.863. The summed E-state index contributed by atoms with van der Waals surface area (Å²) >= 11 is 0. The van der Waals surface area contributed by atoms with E-state index in [2.05, 4.69) is 22.3 Å². The Labute approximate surface area is 108 Å². The minimum atomic E-state index is -0.173. The second-order valence-electron chi connectivity index (χ2n) is 4.85. The van der Waals surface area contributed by atoms with E-state index in [1.54, 1.807) is 13.0 Å². The fourth-order valence-electron chi connectivity index (χ4n) is 2.41. The number of rotatable bonds is 5. The highest BCUT2D eigenvalue weighted by atomic mass is 16.5. The van der Waals surface area contributed by atoms with Crippen molar-refractivity contribution in [3.05, 3.63) is 17.5 Å². The molecule has 1 aromatic rings. The number of aryl methyl sites for hydroxylation is 1. The molecule has 1 atom stereocenters. The molecule has 1 amide bonds. The Kier molecular flexibility index (Phi) is 4.36. The maximum atomic E-state index is 11.8. The Morgan fingerprint density at radius 1 is 1.56 bits per heavy atom. The predicted octanol–water partition coefficient (Wildman–Crippen LogP) is 1.59. The Bertz CT molecular complexity index is 397. The van der Waals surface area contributed by atoms with E-state index in [0.717, 1.165) is 25.2 Å². The third kappa shape index (κ3) is 3.10. The van der Waals surface area contributed by atoms with E-state index in [4.69, 9.17) is 4.52 Å². The molecule has 1 saturated heterocycles. The van der Waals surface area contributed by atoms with E-state index in [-0.39, 0.29) is 5.91 Å². The summed E-state index contributed by atoms with van der Waals surface area (Å²) in [4.78, 5) is 14.3. The molecule has 5 nitrogen and oxygen atoms in total. The molecule has 1 fully saturated rings. The number of carbonyl (C=O) groups excluding carboxylic acids is 1. The maximum absolute atomic E-state index is 11.8. The first-order valence-corrected chi connectivity index (χ1v) is 6.66. The van der Waals surface area contributed by atoms with Crippen molar-refractivity contribution in [2.24, 2.45) is 0 Å². The summed E-state index contributed by atoms with van der Waals surface area (Å²) < 4.78 is 4.94. The smallest absolute Gasteiger partial charge is 0.289 e. The number of likely N-dealkylation sites (tertiary alicyclic amines) is 1. The van der Waals surface area contributed by atoms with Crippen LogP contribution in [0.1, 0.15) is 42.4 Å². The molecule has 0 unspecified atom stereocenters. The summed E-state index contributed by atoms with van der Waals surface area (Å²) in [5, 5.41) is 6.64. The molecule has 0 spiro atoms. The summed E-state index contributed by atoms with van der Waals surface area (Å²) in [7, 11) is 0. The van der Waals surface area contributed by atoms with E-state index in [1.165, 1.54) is 12.8 Å². The lowest BCUT2D eigenvalue weighted by Gasteiger charge is -2.26. The first kappa shape index (κ1) is 13.1. The number of hydrogen-bond donors (Lipinski definition) is 1. The second kappa shape index (κ2) is 6.00. The van der Waals surface area contributed by atoms with Crippen molar-refractivity contribution in [2.75, 3.05) is 19.6 Å². The monoisotopic (exact) mass is 251 g/mol. The van der Waals surface area contributed by atoms with Crippen LogP contribution in [0.15, 0.2) is 10.6 Å². The van der Waals surface area contributed by atoms with Crippen molar-refractivity contribution < 1.29 is 9.32 Å². The molecule has 2 rings (SSSR count). The zero-order valence-electron chi connectivity index (χ0n) is 11.1. The van der Waals surface area contributed by atoms with Crippen molar-refractivity contribution in [3.63, 3.8) is 0 Å². The maximum Gasteiger partial charge on any atom is 0.289 e. The van der Waals surface area contributed by atoms with Crippen molar-refractivity contribution >= 4 is 5.91 Å². The van der Waals surface area contributed by atoms with Gasteiger partial charge in [0.2, 0.25) is 5.76 Å². The van der Waals surface area contributed by atoms with Gasteiger partial charge in [-0.25, -0.2) is 0 Å². The van der Waals surface area contributed by atoms with Gasteiger partial charge in [0.15, 0.2) is 0 Å². The van der Waals surface area contributed by atoms with Gasteiger partial charge in [0.25, 0.3) is 5.91 Å². The lowest BCUT2D eigenvalue weighted by Crippen LogP contribution is -2.42. The van der Waals surface area contributed by atoms with E-state index < -0.39 is 0 Å². The van der Waals surface area contributed by atoms with Crippen LogP contribution in [0.4, 0.5) is 0 Å². The lowest BCUT2D eigenvalue weighted by molar-refractivity contribution is 0.0900. The Morgan fingerprint density at radius 3 is 2.83 bits per heavy atom. The Morgan fingerprint density at radius 2 is 2.28 bits per heavy atom. The van der Waals surface area contributed by atoms with Crippen molar-refractivity contribution in [3.8, 4) is 0 Å². The molecule has 0 bridgehead atoms. The van der Waals surface area contributed by atoms with Gasteiger partial charge in [-0.3, -0.25) is 9.69 Å². The molecule has 100 valence electrons. The van der Waals surface area contributed by atoms with E-state index >= 15 is 0 Å². The van der Waals surface area contributed by atoms with Crippen LogP contribution in [0.2, 0.25) is 0 Å². The topological polar surface area (TPSA) is 58.4 Å². The van der Waals surface area contributed by atoms with Gasteiger partial charge >= 0.3 is 0 Å². The highest BCUT2D eigenvalue weighted by molar-refractivity contribution is 5.91. The first-order valence-electron chi connectivity index (χ1n) is 6.66. The van der Waals surface area contributed by atoms with Gasteiger partial charge in [0, 0.05) is 18.7 Å². The van der Waals surface area contributed by atoms with Crippen molar-refractivity contribution in [1.82, 2.24) is 15.4 Å². The van der Waals surface area contributed by atoms with Crippen LogP contribution in [-0.4, -0.2) is 41.6 Å². The number of amides is 1. The van der Waals surface area contributed by atoms with Crippen LogP contribution in [0.3, 0.4) is 0 Å². The predicted molar refractivity (Wildman–Crippen MR) is 68.5 cm³/mol. The molecule has 0 radical (unpaired) electrons. The minimum Gasteiger partial charge on any atom is -0.351 e. The number of aromatic nitrogens is 1. The zero-order chi connectivity index (χ0) is 13.0. The van der Waals surface area contributed by atoms with Gasteiger partial charge in [-0.15, -0.1) is 0 Å². The Balaban J connectivity index is 1.84. The molecular weight excluding hydrogens is 230 g/mol. The molecule has 1 aliphatic rings. The SMILES string of the molecule is CC[C@@H](CNC(=O)c1cc(C)no1)N1CCCC1. The average Bonchev–Trinajstić information content (AvgIpc) is 3.01. The molecule has 1 aliphatic heterocycles. The fraction of sp³-hybridized carbons (Fsp3) is 0.692. The van der Waals surface area contributed by atoms with Crippen molar-refractivity contribution in [2.45, 2.75) is 39.2 Å². The van der Waals surface area contributed by atoms with Crippen LogP contribution < -0.4 is 5.32 Å². The standard InChI is InChI=1S/C13H21N3O2/c1-3-11(16-6-4-5-7-16)9-14-13(17)12-8-10(2)15-18-12/h8,11H,3-7,9H2,1-2H3,(H,14,17)/t11-/m0/s1. The Hall–Kier alpha value is -1.36. The van der Waals surface area contributed by atoms with Gasteiger partial charge in [-0.05, 0) is 39.3 Å². The third-order valence-corrected chi connectivity index (χ3v) is 3.48. The highest BCUT2D eigenvalue weighted by Gasteiger charge is 2.21. The lowest BCUT2D eigenvalue weighted by atomic mass is 10.2. The van der Waals surface area contributed by atoms with Crippen LogP contribution in [-0.2, 0) is 0 Å². The molecule has 0 saturated carbocycles. The van der Waals surface area contributed by atoms with Gasteiger partial charge in [0.05, 0.1) is 5.69 Å². The van der Waals surface area contributed by atoms with Crippen LogP contribution in [0.5, 0.6) is 0 Å². The molecule has 1 aromatic heterocycles. The van der Waals surface area contributed by atoms with Gasteiger partial charge < -0.3 is 9.84 Å². The van der Waals surface area contributed by atoms with E-state index in [0.29, 0.717) is 18.3 Å².